The highest BCUT2D eigenvalue weighted by Crippen LogP contribution is 2.32. The normalized spacial score (nSPS) is 39.5. The molecule has 18 heavy (non-hydrogen) atoms. The predicted octanol–water partition coefficient (Wildman–Crippen LogP) is 1.54. The summed E-state index contributed by atoms with van der Waals surface area (Å²) in [6.45, 7) is 6.32. The Morgan fingerprint density at radius 2 is 1.72 bits per heavy atom. The molecule has 3 aliphatic rings. The molecule has 3 heteroatoms. The molecule has 2 saturated heterocycles. The fourth-order valence-electron chi connectivity index (χ4n) is 4.06. The Hall–Kier alpha value is -0.120. The molecule has 3 atom stereocenters. The topological polar surface area (TPSA) is 18.5 Å². The molecule has 0 radical (unpaired) electrons. The zero-order valence-corrected chi connectivity index (χ0v) is 11.9. The predicted molar refractivity (Wildman–Crippen MR) is 75.8 cm³/mol. The average Bonchev–Trinajstić information content (AvgIpc) is 2.41. The Morgan fingerprint density at radius 1 is 0.944 bits per heavy atom. The van der Waals surface area contributed by atoms with Gasteiger partial charge >= 0.3 is 0 Å². The van der Waals surface area contributed by atoms with Crippen LogP contribution in [0.15, 0.2) is 0 Å². The van der Waals surface area contributed by atoms with Gasteiger partial charge in [-0.05, 0) is 38.6 Å². The van der Waals surface area contributed by atoms with E-state index in [1.54, 1.807) is 0 Å². The van der Waals surface area contributed by atoms with Gasteiger partial charge < -0.3 is 10.2 Å². The first-order chi connectivity index (χ1) is 8.81. The Kier molecular flexibility index (Phi) is 4.22. The fourth-order valence-corrected chi connectivity index (χ4v) is 4.06. The van der Waals surface area contributed by atoms with Crippen molar-refractivity contribution in [3.8, 4) is 0 Å². The fraction of sp³-hybridized carbons (Fsp3) is 1.00. The molecular weight excluding hydrogens is 222 g/mol. The van der Waals surface area contributed by atoms with Crippen molar-refractivity contribution >= 4 is 0 Å². The molecule has 0 aromatic heterocycles. The quantitative estimate of drug-likeness (QED) is 0.803. The second-order valence-electron chi connectivity index (χ2n) is 6.70. The number of likely N-dealkylation sites (N-methyl/N-ethyl adjacent to an activating group) is 1. The number of fused-ring (bicyclic) bond motifs is 1. The number of rotatable bonds is 2. The third-order valence-corrected chi connectivity index (χ3v) is 5.32. The highest BCUT2D eigenvalue weighted by Gasteiger charge is 2.32. The molecule has 0 spiro atoms. The number of nitrogens with zero attached hydrogens (tertiary/aromatic N) is 2. The minimum Gasteiger partial charge on any atom is -0.310 e. The molecule has 0 bridgehead atoms. The van der Waals surface area contributed by atoms with E-state index in [9.17, 15) is 0 Å². The lowest BCUT2D eigenvalue weighted by molar-refractivity contribution is 0.110. The molecular formula is C15H29N3. The lowest BCUT2D eigenvalue weighted by atomic mass is 9.77. The van der Waals surface area contributed by atoms with Crippen LogP contribution in [0.2, 0.25) is 0 Å². The summed E-state index contributed by atoms with van der Waals surface area (Å²) in [5, 5.41) is 3.96. The van der Waals surface area contributed by atoms with Crippen molar-refractivity contribution in [1.29, 1.82) is 0 Å². The summed E-state index contributed by atoms with van der Waals surface area (Å²) in [6.07, 6.45) is 8.74. The minimum atomic E-state index is 0.771. The summed E-state index contributed by atoms with van der Waals surface area (Å²) in [6, 6.07) is 1.62. The molecule has 0 aromatic rings. The van der Waals surface area contributed by atoms with Gasteiger partial charge in [-0.2, -0.15) is 0 Å². The smallest absolute Gasteiger partial charge is 0.0197 e. The SMILES string of the molecule is CN1CCN(CC2CCC3CCCCC3N2)CC1. The van der Waals surface area contributed by atoms with Gasteiger partial charge in [-0.15, -0.1) is 0 Å². The lowest BCUT2D eigenvalue weighted by Crippen LogP contribution is -2.55. The van der Waals surface area contributed by atoms with E-state index < -0.39 is 0 Å². The van der Waals surface area contributed by atoms with Crippen LogP contribution < -0.4 is 5.32 Å². The van der Waals surface area contributed by atoms with Crippen LogP contribution >= 0.6 is 0 Å². The van der Waals surface area contributed by atoms with Gasteiger partial charge in [0.15, 0.2) is 0 Å². The van der Waals surface area contributed by atoms with E-state index in [0.29, 0.717) is 0 Å². The number of piperazine rings is 1. The van der Waals surface area contributed by atoms with Crippen molar-refractivity contribution in [3.05, 3.63) is 0 Å². The lowest BCUT2D eigenvalue weighted by Gasteiger charge is -2.43. The summed E-state index contributed by atoms with van der Waals surface area (Å²) in [5.74, 6) is 1.00. The van der Waals surface area contributed by atoms with Crippen molar-refractivity contribution in [2.45, 2.75) is 50.6 Å². The van der Waals surface area contributed by atoms with E-state index in [1.165, 1.54) is 71.2 Å². The second kappa shape index (κ2) is 5.89. The zero-order valence-electron chi connectivity index (χ0n) is 11.9. The highest BCUT2D eigenvalue weighted by atomic mass is 15.3. The van der Waals surface area contributed by atoms with Gasteiger partial charge in [0.25, 0.3) is 0 Å². The van der Waals surface area contributed by atoms with Crippen LogP contribution in [-0.4, -0.2) is 61.7 Å². The second-order valence-corrected chi connectivity index (χ2v) is 6.70. The molecule has 0 aromatic carbocycles. The molecule has 3 fully saturated rings. The molecule has 2 aliphatic heterocycles. The van der Waals surface area contributed by atoms with Crippen LogP contribution in [0.5, 0.6) is 0 Å². The Morgan fingerprint density at radius 3 is 2.56 bits per heavy atom. The minimum absolute atomic E-state index is 0.771. The molecule has 0 amide bonds. The maximum atomic E-state index is 3.96. The van der Waals surface area contributed by atoms with E-state index in [1.807, 2.05) is 0 Å². The number of nitrogens with one attached hydrogen (secondary N) is 1. The van der Waals surface area contributed by atoms with Gasteiger partial charge in [0.1, 0.15) is 0 Å². The Labute approximate surface area is 112 Å². The first-order valence-corrected chi connectivity index (χ1v) is 7.98. The maximum absolute atomic E-state index is 3.96. The molecule has 2 heterocycles. The molecule has 3 nitrogen and oxygen atoms in total. The van der Waals surface area contributed by atoms with E-state index in [2.05, 4.69) is 22.2 Å². The maximum Gasteiger partial charge on any atom is 0.0197 e. The van der Waals surface area contributed by atoms with Crippen molar-refractivity contribution in [3.63, 3.8) is 0 Å². The molecule has 1 saturated carbocycles. The monoisotopic (exact) mass is 251 g/mol. The third kappa shape index (κ3) is 3.06. The number of hydrogen-bond donors (Lipinski definition) is 1. The van der Waals surface area contributed by atoms with Gasteiger partial charge in [0, 0.05) is 44.8 Å². The largest absolute Gasteiger partial charge is 0.310 e. The number of piperidine rings is 1. The first-order valence-electron chi connectivity index (χ1n) is 7.98. The van der Waals surface area contributed by atoms with Crippen molar-refractivity contribution in [1.82, 2.24) is 15.1 Å². The van der Waals surface area contributed by atoms with Gasteiger partial charge in [-0.25, -0.2) is 0 Å². The summed E-state index contributed by atoms with van der Waals surface area (Å²) in [7, 11) is 2.24. The van der Waals surface area contributed by atoms with E-state index in [-0.39, 0.29) is 0 Å². The van der Waals surface area contributed by atoms with Crippen LogP contribution in [0, 0.1) is 5.92 Å². The number of hydrogen-bond acceptors (Lipinski definition) is 3. The summed E-state index contributed by atoms with van der Waals surface area (Å²) in [4.78, 5) is 5.11. The van der Waals surface area contributed by atoms with Crippen LogP contribution in [0.25, 0.3) is 0 Å². The zero-order chi connectivity index (χ0) is 12.4. The van der Waals surface area contributed by atoms with Gasteiger partial charge in [-0.3, -0.25) is 4.90 Å². The van der Waals surface area contributed by atoms with Crippen LogP contribution in [0.4, 0.5) is 0 Å². The van der Waals surface area contributed by atoms with Crippen LogP contribution in [0.1, 0.15) is 38.5 Å². The van der Waals surface area contributed by atoms with E-state index in [4.69, 9.17) is 0 Å². The van der Waals surface area contributed by atoms with E-state index >= 15 is 0 Å². The van der Waals surface area contributed by atoms with Gasteiger partial charge in [0.05, 0.1) is 0 Å². The van der Waals surface area contributed by atoms with Crippen LogP contribution in [-0.2, 0) is 0 Å². The van der Waals surface area contributed by atoms with Gasteiger partial charge in [0.2, 0.25) is 0 Å². The van der Waals surface area contributed by atoms with Gasteiger partial charge in [-0.1, -0.05) is 12.8 Å². The molecule has 1 N–H and O–H groups in total. The summed E-state index contributed by atoms with van der Waals surface area (Å²) in [5.41, 5.74) is 0. The average molecular weight is 251 g/mol. The molecule has 3 unspecified atom stereocenters. The van der Waals surface area contributed by atoms with E-state index in [0.717, 1.165) is 18.0 Å². The highest BCUT2D eigenvalue weighted by molar-refractivity contribution is 4.90. The van der Waals surface area contributed by atoms with Crippen molar-refractivity contribution in [2.24, 2.45) is 5.92 Å². The molecule has 3 rings (SSSR count). The summed E-state index contributed by atoms with van der Waals surface area (Å²) < 4.78 is 0. The standard InChI is InChI=1S/C15H29N3/c1-17-8-10-18(11-9-17)12-14-7-6-13-4-2-3-5-15(13)16-14/h13-16H,2-12H2,1H3. The first kappa shape index (κ1) is 12.9. The third-order valence-electron chi connectivity index (χ3n) is 5.32. The van der Waals surface area contributed by atoms with Crippen LogP contribution in [0.3, 0.4) is 0 Å². The Balaban J connectivity index is 1.46. The van der Waals surface area contributed by atoms with Crippen molar-refractivity contribution < 1.29 is 0 Å². The van der Waals surface area contributed by atoms with Crippen molar-refractivity contribution in [2.75, 3.05) is 39.8 Å². The molecule has 1 aliphatic carbocycles. The Bertz CT molecular complexity index is 260. The molecule has 104 valence electrons. The summed E-state index contributed by atoms with van der Waals surface area (Å²) >= 11 is 0.